The van der Waals surface area contributed by atoms with Crippen molar-refractivity contribution in [3.8, 4) is 0 Å². The molecule has 1 aromatic carbocycles. The lowest BCUT2D eigenvalue weighted by Crippen LogP contribution is -2.51. The van der Waals surface area contributed by atoms with Gasteiger partial charge in [-0.25, -0.2) is 9.18 Å². The maximum atomic E-state index is 13.8. The molecule has 0 radical (unpaired) electrons. The Bertz CT molecular complexity index is 755. The van der Waals surface area contributed by atoms with Crippen molar-refractivity contribution in [2.24, 2.45) is 0 Å². The van der Waals surface area contributed by atoms with E-state index in [0.29, 0.717) is 12.1 Å². The average Bonchev–Trinajstić information content (AvgIpc) is 2.68. The van der Waals surface area contributed by atoms with Crippen molar-refractivity contribution in [1.82, 2.24) is 20.4 Å². The molecular weight excluding hydrogens is 333 g/mol. The quantitative estimate of drug-likeness (QED) is 0.914. The fourth-order valence-electron chi connectivity index (χ4n) is 3.24. The van der Waals surface area contributed by atoms with E-state index in [2.05, 4.69) is 20.4 Å². The van der Waals surface area contributed by atoms with Crippen molar-refractivity contribution in [2.75, 3.05) is 25.0 Å². The van der Waals surface area contributed by atoms with Crippen LogP contribution in [0.2, 0.25) is 0 Å². The summed E-state index contributed by atoms with van der Waals surface area (Å²) in [4.78, 5) is 16.3. The highest BCUT2D eigenvalue weighted by atomic mass is 19.1. The lowest BCUT2D eigenvalue weighted by molar-refractivity contribution is 0.182. The normalized spacial score (nSPS) is 17.0. The van der Waals surface area contributed by atoms with Crippen LogP contribution in [0.5, 0.6) is 0 Å². The number of carbonyl (C=O) groups is 1. The molecule has 1 atom stereocenters. The molecule has 7 heteroatoms. The Kier molecular flexibility index (Phi) is 5.65. The number of hydrogen-bond acceptors (Lipinski definition) is 4. The van der Waals surface area contributed by atoms with Crippen molar-refractivity contribution < 1.29 is 9.18 Å². The van der Waals surface area contributed by atoms with Gasteiger partial charge < -0.3 is 15.1 Å². The summed E-state index contributed by atoms with van der Waals surface area (Å²) in [6.45, 7) is 3.69. The zero-order valence-corrected chi connectivity index (χ0v) is 15.2. The van der Waals surface area contributed by atoms with Crippen LogP contribution in [0, 0.1) is 12.7 Å². The number of halogens is 1. The third-order valence-corrected chi connectivity index (χ3v) is 4.78. The maximum Gasteiger partial charge on any atom is 0.317 e. The van der Waals surface area contributed by atoms with E-state index < -0.39 is 0 Å². The molecular formula is C19H24FN5O. The molecule has 0 spiro atoms. The first-order valence-electron chi connectivity index (χ1n) is 8.83. The number of rotatable bonds is 4. The van der Waals surface area contributed by atoms with Gasteiger partial charge in [-0.15, -0.1) is 5.10 Å². The van der Waals surface area contributed by atoms with Crippen molar-refractivity contribution in [3.63, 3.8) is 0 Å². The van der Waals surface area contributed by atoms with Crippen LogP contribution in [-0.2, 0) is 6.54 Å². The molecule has 6 nitrogen and oxygen atoms in total. The van der Waals surface area contributed by atoms with E-state index >= 15 is 0 Å². The van der Waals surface area contributed by atoms with Crippen molar-refractivity contribution >= 4 is 11.8 Å². The van der Waals surface area contributed by atoms with Gasteiger partial charge in [0.15, 0.2) is 5.82 Å². The van der Waals surface area contributed by atoms with Gasteiger partial charge in [-0.2, -0.15) is 5.10 Å². The molecule has 138 valence electrons. The number of hydrogen-bond donors (Lipinski definition) is 1. The summed E-state index contributed by atoms with van der Waals surface area (Å²) in [5.41, 5.74) is 1.47. The number of piperidine rings is 1. The van der Waals surface area contributed by atoms with E-state index in [1.807, 2.05) is 19.1 Å². The average molecular weight is 357 g/mol. The molecule has 0 unspecified atom stereocenters. The molecule has 2 aromatic rings. The second-order valence-corrected chi connectivity index (χ2v) is 6.69. The second-order valence-electron chi connectivity index (χ2n) is 6.69. The number of anilines is 1. The van der Waals surface area contributed by atoms with Crippen LogP contribution in [0.3, 0.4) is 0 Å². The minimum absolute atomic E-state index is 0.0770. The first-order valence-corrected chi connectivity index (χ1v) is 8.83. The highest BCUT2D eigenvalue weighted by molar-refractivity contribution is 5.74. The summed E-state index contributed by atoms with van der Waals surface area (Å²) in [5, 5.41) is 10.9. The van der Waals surface area contributed by atoms with Crippen LogP contribution in [0.4, 0.5) is 15.0 Å². The summed E-state index contributed by atoms with van der Waals surface area (Å²) in [7, 11) is 1.78. The molecule has 0 saturated carbocycles. The van der Waals surface area contributed by atoms with Gasteiger partial charge in [0.1, 0.15) is 5.82 Å². The van der Waals surface area contributed by atoms with Crippen LogP contribution in [0.15, 0.2) is 36.5 Å². The number of aryl methyl sites for hydroxylation is 1. The first-order chi connectivity index (χ1) is 12.5. The van der Waals surface area contributed by atoms with Crippen molar-refractivity contribution in [3.05, 3.63) is 53.5 Å². The summed E-state index contributed by atoms with van der Waals surface area (Å²) in [6.07, 6.45) is 3.56. The Balaban J connectivity index is 1.58. The molecule has 0 aliphatic carbocycles. The maximum absolute atomic E-state index is 13.8. The molecule has 1 aliphatic rings. The van der Waals surface area contributed by atoms with Crippen LogP contribution in [0.1, 0.15) is 24.0 Å². The van der Waals surface area contributed by atoms with Crippen LogP contribution >= 0.6 is 0 Å². The van der Waals surface area contributed by atoms with E-state index in [9.17, 15) is 9.18 Å². The van der Waals surface area contributed by atoms with Gasteiger partial charge in [0, 0.05) is 38.4 Å². The summed E-state index contributed by atoms with van der Waals surface area (Å²) >= 11 is 0. The summed E-state index contributed by atoms with van der Waals surface area (Å²) in [5.74, 6) is 0.526. The Morgan fingerprint density at radius 2 is 2.27 bits per heavy atom. The van der Waals surface area contributed by atoms with E-state index in [1.54, 1.807) is 30.3 Å². The van der Waals surface area contributed by atoms with Gasteiger partial charge in [0.2, 0.25) is 0 Å². The molecule has 2 heterocycles. The van der Waals surface area contributed by atoms with Crippen LogP contribution < -0.4 is 10.2 Å². The van der Waals surface area contributed by atoms with Crippen molar-refractivity contribution in [2.45, 2.75) is 32.4 Å². The van der Waals surface area contributed by atoms with E-state index in [4.69, 9.17) is 0 Å². The van der Waals surface area contributed by atoms with Gasteiger partial charge in [0.25, 0.3) is 0 Å². The SMILES string of the molecule is Cc1ccc(F)c(CNC(=O)N(C)[C@@H]2CCCN(c3cccnn3)C2)c1. The second kappa shape index (κ2) is 8.12. The number of benzene rings is 1. The lowest BCUT2D eigenvalue weighted by Gasteiger charge is -2.37. The Morgan fingerprint density at radius 3 is 3.04 bits per heavy atom. The monoisotopic (exact) mass is 357 g/mol. The molecule has 0 bridgehead atoms. The third kappa shape index (κ3) is 4.28. The Hall–Kier alpha value is -2.70. The molecule has 1 aromatic heterocycles. The van der Waals surface area contributed by atoms with E-state index in [-0.39, 0.29) is 24.4 Å². The number of nitrogens with zero attached hydrogens (tertiary/aromatic N) is 4. The molecule has 1 aliphatic heterocycles. The van der Waals surface area contributed by atoms with Gasteiger partial charge in [0.05, 0.1) is 6.04 Å². The molecule has 1 fully saturated rings. The molecule has 1 saturated heterocycles. The number of nitrogens with one attached hydrogen (secondary N) is 1. The predicted molar refractivity (Wildman–Crippen MR) is 98.4 cm³/mol. The zero-order chi connectivity index (χ0) is 18.5. The number of carbonyl (C=O) groups excluding carboxylic acids is 1. The molecule has 1 N–H and O–H groups in total. The molecule has 2 amide bonds. The van der Waals surface area contributed by atoms with Gasteiger partial charge in [-0.1, -0.05) is 17.7 Å². The van der Waals surface area contributed by atoms with Crippen LogP contribution in [-0.4, -0.2) is 47.3 Å². The number of urea groups is 1. The number of aromatic nitrogens is 2. The highest BCUT2D eigenvalue weighted by Gasteiger charge is 2.26. The minimum Gasteiger partial charge on any atom is -0.353 e. The van der Waals surface area contributed by atoms with Crippen LogP contribution in [0.25, 0.3) is 0 Å². The van der Waals surface area contributed by atoms with E-state index in [0.717, 1.165) is 30.8 Å². The van der Waals surface area contributed by atoms with Gasteiger partial charge in [-0.05, 0) is 38.0 Å². The largest absolute Gasteiger partial charge is 0.353 e. The standard InChI is InChI=1S/C19H24FN5O/c1-14-7-8-17(20)15(11-14)12-21-19(26)24(2)16-5-4-10-25(13-16)18-6-3-9-22-23-18/h3,6-9,11,16H,4-5,10,12-13H2,1-2H3,(H,21,26)/t16-/m1/s1. The zero-order valence-electron chi connectivity index (χ0n) is 15.2. The van der Waals surface area contributed by atoms with Crippen molar-refractivity contribution in [1.29, 1.82) is 0 Å². The number of amides is 2. The topological polar surface area (TPSA) is 61.4 Å². The lowest BCUT2D eigenvalue weighted by atomic mass is 10.0. The Morgan fingerprint density at radius 1 is 1.42 bits per heavy atom. The highest BCUT2D eigenvalue weighted by Crippen LogP contribution is 2.20. The molecule has 26 heavy (non-hydrogen) atoms. The fraction of sp³-hybridized carbons (Fsp3) is 0.421. The van der Waals surface area contributed by atoms with Gasteiger partial charge in [-0.3, -0.25) is 0 Å². The summed E-state index contributed by atoms with van der Waals surface area (Å²) in [6, 6.07) is 8.57. The van der Waals surface area contributed by atoms with E-state index in [1.165, 1.54) is 6.07 Å². The first kappa shape index (κ1) is 18.1. The predicted octanol–water partition coefficient (Wildman–Crippen LogP) is 2.73. The number of likely N-dealkylation sites (N-methyl/N-ethyl adjacent to an activating group) is 1. The van der Waals surface area contributed by atoms with Gasteiger partial charge >= 0.3 is 6.03 Å². The molecule has 3 rings (SSSR count). The minimum atomic E-state index is -0.301. The Labute approximate surface area is 153 Å². The summed E-state index contributed by atoms with van der Waals surface area (Å²) < 4.78 is 13.8. The third-order valence-electron chi connectivity index (χ3n) is 4.78. The smallest absolute Gasteiger partial charge is 0.317 e. The fourth-order valence-corrected chi connectivity index (χ4v) is 3.24.